The maximum Gasteiger partial charge on any atom is 0.496 e. The van der Waals surface area contributed by atoms with E-state index in [-0.39, 0.29) is 53.6 Å². The lowest BCUT2D eigenvalue weighted by Gasteiger charge is -2.32. The fraction of sp³-hybridized carbons (Fsp3) is 0.523. The Bertz CT molecular complexity index is 3320. The third kappa shape index (κ3) is 24.7. The quantitative estimate of drug-likeness (QED) is 0.0582. The number of carbonyl (C=O) groups excluding carboxylic acids is 6. The third-order valence-electron chi connectivity index (χ3n) is 15.6. The minimum atomic E-state index is -0.519. The van der Waals surface area contributed by atoms with Crippen molar-refractivity contribution in [3.05, 3.63) is 117 Å². The zero-order chi connectivity index (χ0) is 70.0. The summed E-state index contributed by atoms with van der Waals surface area (Å²) in [6.07, 6.45) is 18.3. The van der Waals surface area contributed by atoms with Crippen molar-refractivity contribution < 1.29 is 62.1 Å². The fourth-order valence-electron chi connectivity index (χ4n) is 9.82. The molecule has 6 aliphatic rings. The number of ketones is 1. The number of aryl methyl sites for hydroxylation is 2. The highest BCUT2D eigenvalue weighted by Crippen LogP contribution is 2.37. The number of aliphatic hydroxyl groups is 1. The normalized spacial score (nSPS) is 19.4. The lowest BCUT2D eigenvalue weighted by molar-refractivity contribution is -0.152. The van der Waals surface area contributed by atoms with Crippen LogP contribution in [0.15, 0.2) is 88.9 Å². The first-order valence-corrected chi connectivity index (χ1v) is 34.5. The minimum absolute atomic E-state index is 0.00126. The number of carbonyl (C=O) groups is 6. The van der Waals surface area contributed by atoms with Crippen molar-refractivity contribution in [3.8, 4) is 11.1 Å². The van der Waals surface area contributed by atoms with Crippen LogP contribution in [0.4, 0.5) is 21.2 Å². The summed E-state index contributed by atoms with van der Waals surface area (Å²) in [6, 6.07) is 9.14. The number of amides is 6. The Kier molecular flexibility index (Phi) is 32.9. The molecule has 0 aromatic carbocycles. The van der Waals surface area contributed by atoms with Gasteiger partial charge in [0.25, 0.3) is 11.8 Å². The van der Waals surface area contributed by atoms with Crippen LogP contribution < -0.4 is 32.5 Å². The molecule has 5 aromatic heterocycles. The van der Waals surface area contributed by atoms with Crippen LogP contribution in [0.1, 0.15) is 116 Å². The fourth-order valence-corrected chi connectivity index (χ4v) is 11.0. The van der Waals surface area contributed by atoms with Gasteiger partial charge in [-0.1, -0.05) is 22.0 Å². The molecule has 30 heteroatoms. The summed E-state index contributed by atoms with van der Waals surface area (Å²) in [5.41, 5.74) is 22.8. The smallest absolute Gasteiger partial charge is 0.465 e. The van der Waals surface area contributed by atoms with Gasteiger partial charge in [-0.05, 0) is 178 Å². The molecule has 0 saturated carbocycles. The first-order chi connectivity index (χ1) is 45.1. The van der Waals surface area contributed by atoms with E-state index < -0.39 is 30.7 Å². The van der Waals surface area contributed by atoms with E-state index in [4.69, 9.17) is 57.4 Å². The Hall–Kier alpha value is -6.12. The molecule has 4 atom stereocenters. The summed E-state index contributed by atoms with van der Waals surface area (Å²) in [7, 11) is -0.438. The predicted molar refractivity (Wildman–Crippen MR) is 374 cm³/mol. The van der Waals surface area contributed by atoms with E-state index in [1.165, 1.54) is 15.4 Å². The number of urea groups is 2. The van der Waals surface area contributed by atoms with Crippen LogP contribution in [0.2, 0.25) is 0 Å². The van der Waals surface area contributed by atoms with Gasteiger partial charge >= 0.3 is 25.1 Å². The van der Waals surface area contributed by atoms with Gasteiger partial charge in [-0.2, -0.15) is 0 Å². The van der Waals surface area contributed by atoms with Gasteiger partial charge in [-0.3, -0.25) is 43.9 Å². The van der Waals surface area contributed by atoms with E-state index >= 15 is 0 Å². The summed E-state index contributed by atoms with van der Waals surface area (Å²) in [5.74, 6) is 1.23. The van der Waals surface area contributed by atoms with Gasteiger partial charge < -0.3 is 60.4 Å². The zero-order valence-corrected chi connectivity index (χ0v) is 61.0. The molecule has 4 fully saturated rings. The molecule has 0 aliphatic carbocycles. The number of anilines is 2. The van der Waals surface area contributed by atoms with Crippen LogP contribution in [-0.2, 0) is 78.7 Å². The lowest BCUT2D eigenvalue weighted by Crippen LogP contribution is -2.45. The van der Waals surface area contributed by atoms with Crippen LogP contribution in [0, 0.1) is 0 Å². The van der Waals surface area contributed by atoms with Gasteiger partial charge in [0.1, 0.15) is 35.3 Å². The van der Waals surface area contributed by atoms with Crippen molar-refractivity contribution >= 4 is 119 Å². The number of nitrogens with zero attached hydrogens (tertiary/aromatic N) is 9. The summed E-state index contributed by atoms with van der Waals surface area (Å²) >= 11 is 15.3. The maximum atomic E-state index is 12.3. The number of aliphatic hydroxyl groups excluding tert-OH is 1. The number of hydrogen-bond acceptors (Lipinski definition) is 19. The average molecular weight is 1530 g/mol. The monoisotopic (exact) mass is 1530 g/mol. The highest BCUT2D eigenvalue weighted by atomic mass is 79.9. The molecule has 0 spiro atoms. The lowest BCUT2D eigenvalue weighted by atomic mass is 9.79. The van der Waals surface area contributed by atoms with E-state index in [0.717, 1.165) is 91.8 Å². The number of ether oxygens (including phenoxy) is 4. The first kappa shape index (κ1) is 79.6. The molecule has 518 valence electrons. The maximum absolute atomic E-state index is 12.3. The largest absolute Gasteiger partial charge is 0.496 e. The van der Waals surface area contributed by atoms with E-state index in [1.807, 2.05) is 71.1 Å². The van der Waals surface area contributed by atoms with Crippen LogP contribution in [0.3, 0.4) is 0 Å². The number of primary amides is 2. The predicted octanol–water partition coefficient (Wildman–Crippen LogP) is 8.13. The number of pyridine rings is 5. The highest BCUT2D eigenvalue weighted by molar-refractivity contribution is 9.10. The van der Waals surface area contributed by atoms with Gasteiger partial charge in [0, 0.05) is 139 Å². The Morgan fingerprint density at radius 2 is 1.13 bits per heavy atom. The Balaban J connectivity index is 0.000000217. The van der Waals surface area contributed by atoms with Crippen molar-refractivity contribution in [2.45, 2.75) is 154 Å². The second-order valence-electron chi connectivity index (χ2n) is 23.5. The summed E-state index contributed by atoms with van der Waals surface area (Å²) < 4.78 is 34.3. The third-order valence-corrected chi connectivity index (χ3v) is 17.3. The number of morpholine rings is 2. The molecule has 6 amide bonds. The molecular weight excluding hydrogens is 1440 g/mol. The Morgan fingerprint density at radius 3 is 1.56 bits per heavy atom. The van der Waals surface area contributed by atoms with Gasteiger partial charge in [0.15, 0.2) is 5.78 Å². The van der Waals surface area contributed by atoms with Crippen LogP contribution >= 0.6 is 59.4 Å². The number of rotatable bonds is 10. The molecule has 4 saturated heterocycles. The SMILES string of the molecule is BrCc1cncc(Br)c1.CC1(C)OB(c2cnc3c(c2)CCCN3C(N)=O)OC1(C)C.CC1OCCCC1=O.CC1OCCN(Cc2cncc(-c3cnc4c(c3)CCCN4C(N)=O)c2)C1=O.CC1OCCN(Cc2cncc(Br)c2)C1=O.CCOC(=O)C(C)Cl.NCCO. The van der Waals surface area contributed by atoms with Crippen molar-refractivity contribution in [2.75, 3.05) is 75.6 Å². The number of alkyl halides is 2. The molecule has 95 heavy (non-hydrogen) atoms. The molecule has 4 unspecified atom stereocenters. The van der Waals surface area contributed by atoms with E-state index in [9.17, 15) is 28.8 Å². The minimum Gasteiger partial charge on any atom is -0.465 e. The molecule has 25 nitrogen and oxygen atoms in total. The number of fused-ring (bicyclic) bond motifs is 2. The van der Waals surface area contributed by atoms with Gasteiger partial charge in [0.2, 0.25) is 0 Å². The summed E-state index contributed by atoms with van der Waals surface area (Å²) in [4.78, 5) is 96.1. The van der Waals surface area contributed by atoms with Crippen LogP contribution in [0.5, 0.6) is 0 Å². The molecule has 0 radical (unpaired) electrons. The summed E-state index contributed by atoms with van der Waals surface area (Å²) in [6.45, 7) is 23.1. The molecule has 5 aromatic rings. The highest BCUT2D eigenvalue weighted by Gasteiger charge is 2.52. The molecule has 11 rings (SSSR count). The zero-order valence-electron chi connectivity index (χ0n) is 55.4. The first-order valence-electron chi connectivity index (χ1n) is 31.4. The average Bonchev–Trinajstić information content (AvgIpc) is 1.62. The molecule has 0 bridgehead atoms. The number of hydrogen-bond donors (Lipinski definition) is 4. The second kappa shape index (κ2) is 39.3. The van der Waals surface area contributed by atoms with Crippen molar-refractivity contribution in [1.82, 2.24) is 34.7 Å². The van der Waals surface area contributed by atoms with Crippen LogP contribution in [0.25, 0.3) is 11.1 Å². The van der Waals surface area contributed by atoms with Crippen molar-refractivity contribution in [1.29, 1.82) is 0 Å². The van der Waals surface area contributed by atoms with Gasteiger partial charge in [0.05, 0.1) is 37.6 Å². The standard InChI is InChI=1S/C20H23N5O3.C15H22BN3O3.C11H13BrN2O2.C6H5Br2N.C6H10O2.C5H9ClO2.C2H7NO/c1-13-19(26)24(5-6-28-13)12-14-7-16(10-22-9-14)17-8-15-3-2-4-25(20(21)27)18(15)23-11-17;1-14(2)15(3,4)22-16(21-14)11-8-10-6-5-7-19(13(17)20)12(10)18-9-11;1-8-11(15)14(2-3-16-8)7-9-4-10(12)6-13-5-9;7-2-5-1-6(8)4-9-3-5;1-5-6(7)3-2-4-8-5;1-3-8-5(7)4(2)6;3-1-2-4/h7-11,13H,2-6,12H2,1H3,(H2,21,27);8-9H,5-7H2,1-4H3,(H2,17,20);4-6,8H,2-3,7H2,1H3;1,3-4H,2H2;5H,2-4H2,1H3;4H,3H2,1-2H3;4H,1-3H2. The molecular formula is C65H89BBr3ClN12O13. The van der Waals surface area contributed by atoms with Gasteiger partial charge in [-0.15, -0.1) is 11.6 Å². The number of aromatic nitrogens is 5. The number of halogens is 4. The molecule has 11 heterocycles. The molecule has 6 aliphatic heterocycles. The van der Waals surface area contributed by atoms with E-state index in [2.05, 4.69) is 77.4 Å². The van der Waals surface area contributed by atoms with Crippen molar-refractivity contribution in [2.24, 2.45) is 17.2 Å². The second-order valence-corrected chi connectivity index (χ2v) is 26.5. The Labute approximate surface area is 587 Å². The number of esters is 1. The van der Waals surface area contributed by atoms with Gasteiger partial charge in [-0.25, -0.2) is 19.6 Å². The number of Topliss-reactive ketones (excluding diaryl/α,β-unsaturated/α-hetero) is 1. The van der Waals surface area contributed by atoms with E-state index in [0.29, 0.717) is 83.7 Å². The van der Waals surface area contributed by atoms with E-state index in [1.54, 1.807) is 80.9 Å². The Morgan fingerprint density at radius 1 is 0.663 bits per heavy atom. The topological polar surface area (TPSA) is 334 Å². The summed E-state index contributed by atoms with van der Waals surface area (Å²) in [5, 5.41) is 8.09. The van der Waals surface area contributed by atoms with Crippen molar-refractivity contribution in [3.63, 3.8) is 0 Å². The number of nitrogens with two attached hydrogens (primary N) is 3. The molecule has 7 N–H and O–H groups in total. The van der Waals surface area contributed by atoms with Crippen LogP contribution in [-0.4, -0.2) is 183 Å².